The molecule has 0 unspecified atom stereocenters. The molecule has 0 radical (unpaired) electrons. The third-order valence-corrected chi connectivity index (χ3v) is 3.67. The summed E-state index contributed by atoms with van der Waals surface area (Å²) >= 11 is 0. The Morgan fingerprint density at radius 1 is 1.25 bits per heavy atom. The first-order valence-electron chi connectivity index (χ1n) is 6.62. The van der Waals surface area contributed by atoms with Crippen molar-refractivity contribution in [1.82, 2.24) is 14.8 Å². The van der Waals surface area contributed by atoms with Crippen molar-refractivity contribution in [2.75, 3.05) is 5.73 Å². The molecule has 3 aromatic rings. The lowest BCUT2D eigenvalue weighted by atomic mass is 10.1. The minimum atomic E-state index is -0.384. The molecule has 0 aliphatic heterocycles. The van der Waals surface area contributed by atoms with Crippen LogP contribution in [0.5, 0.6) is 0 Å². The van der Waals surface area contributed by atoms with Gasteiger partial charge in [-0.3, -0.25) is 4.98 Å². The highest BCUT2D eigenvalue weighted by molar-refractivity contribution is 5.78. The molecular weight excluding hydrogens is 255 g/mol. The number of nitrogens with zero attached hydrogens (tertiary/aromatic N) is 3. The van der Waals surface area contributed by atoms with Gasteiger partial charge in [-0.15, -0.1) is 0 Å². The SMILES string of the molecule is Nc1ccc(-n2cc3nccc(C4CC4)c3n2)c(F)c1. The van der Waals surface area contributed by atoms with Gasteiger partial charge in [0, 0.05) is 11.9 Å². The highest BCUT2D eigenvalue weighted by Crippen LogP contribution is 2.42. The van der Waals surface area contributed by atoms with E-state index in [4.69, 9.17) is 5.73 Å². The first-order chi connectivity index (χ1) is 9.72. The largest absolute Gasteiger partial charge is 0.399 e. The van der Waals surface area contributed by atoms with Crippen LogP contribution in [0.15, 0.2) is 36.7 Å². The molecule has 1 saturated carbocycles. The topological polar surface area (TPSA) is 56.7 Å². The Kier molecular flexibility index (Phi) is 2.30. The lowest BCUT2D eigenvalue weighted by Crippen LogP contribution is -1.99. The second kappa shape index (κ2) is 4.03. The van der Waals surface area contributed by atoms with E-state index >= 15 is 0 Å². The number of nitrogen functional groups attached to an aromatic ring is 1. The van der Waals surface area contributed by atoms with Crippen molar-refractivity contribution in [2.45, 2.75) is 18.8 Å². The van der Waals surface area contributed by atoms with Crippen LogP contribution in [-0.4, -0.2) is 14.8 Å². The van der Waals surface area contributed by atoms with Crippen LogP contribution >= 0.6 is 0 Å². The van der Waals surface area contributed by atoms with Crippen LogP contribution in [0.1, 0.15) is 24.3 Å². The van der Waals surface area contributed by atoms with E-state index in [1.165, 1.54) is 24.5 Å². The van der Waals surface area contributed by atoms with Crippen LogP contribution < -0.4 is 5.73 Å². The number of fused-ring (bicyclic) bond motifs is 1. The fourth-order valence-electron chi connectivity index (χ4n) is 2.50. The molecule has 4 nitrogen and oxygen atoms in total. The number of benzene rings is 1. The summed E-state index contributed by atoms with van der Waals surface area (Å²) in [6.07, 6.45) is 5.95. The number of aromatic nitrogens is 3. The number of anilines is 1. The standard InChI is InChI=1S/C15H13FN4/c16-12-7-10(17)3-4-14(12)20-8-13-15(19-20)11(5-6-18-13)9-1-2-9/h3-9H,1-2,17H2. The Balaban J connectivity index is 1.90. The summed E-state index contributed by atoms with van der Waals surface area (Å²) in [5.74, 6) is 0.200. The zero-order valence-corrected chi connectivity index (χ0v) is 10.8. The Hall–Kier alpha value is -2.43. The number of hydrogen-bond acceptors (Lipinski definition) is 3. The fraction of sp³-hybridized carbons (Fsp3) is 0.200. The second-order valence-electron chi connectivity index (χ2n) is 5.19. The summed E-state index contributed by atoms with van der Waals surface area (Å²) in [6.45, 7) is 0. The van der Waals surface area contributed by atoms with E-state index in [1.807, 2.05) is 6.07 Å². The van der Waals surface area contributed by atoms with Gasteiger partial charge in [-0.1, -0.05) is 0 Å². The first-order valence-corrected chi connectivity index (χ1v) is 6.62. The van der Waals surface area contributed by atoms with Crippen LogP contribution in [0.25, 0.3) is 16.7 Å². The molecule has 2 aromatic heterocycles. The molecule has 1 fully saturated rings. The molecule has 0 amide bonds. The fourth-order valence-corrected chi connectivity index (χ4v) is 2.50. The minimum absolute atomic E-state index is 0.384. The molecule has 2 heterocycles. The predicted octanol–water partition coefficient (Wildman–Crippen LogP) is 3.02. The summed E-state index contributed by atoms with van der Waals surface area (Å²) in [4.78, 5) is 4.31. The summed E-state index contributed by atoms with van der Waals surface area (Å²) in [7, 11) is 0. The maximum absolute atomic E-state index is 14.0. The van der Waals surface area contributed by atoms with Crippen LogP contribution in [0.3, 0.4) is 0 Å². The number of nitrogens with two attached hydrogens (primary N) is 1. The Morgan fingerprint density at radius 2 is 2.10 bits per heavy atom. The van der Waals surface area contributed by atoms with Gasteiger partial charge in [0.2, 0.25) is 0 Å². The normalized spacial score (nSPS) is 14.8. The van der Waals surface area contributed by atoms with Crippen LogP contribution in [0, 0.1) is 5.82 Å². The quantitative estimate of drug-likeness (QED) is 0.727. The molecule has 5 heteroatoms. The summed E-state index contributed by atoms with van der Waals surface area (Å²) in [5.41, 5.74) is 9.24. The van der Waals surface area contributed by atoms with Gasteiger partial charge in [0.1, 0.15) is 16.7 Å². The second-order valence-corrected chi connectivity index (χ2v) is 5.19. The van der Waals surface area contributed by atoms with Crippen molar-refractivity contribution in [3.63, 3.8) is 0 Å². The summed E-state index contributed by atoms with van der Waals surface area (Å²) in [5, 5.41) is 4.51. The molecule has 1 aromatic carbocycles. The molecule has 0 saturated heterocycles. The van der Waals surface area contributed by atoms with E-state index < -0.39 is 0 Å². The molecule has 0 bridgehead atoms. The van der Waals surface area contributed by atoms with E-state index in [0.29, 0.717) is 17.3 Å². The van der Waals surface area contributed by atoms with Crippen LogP contribution in [0.2, 0.25) is 0 Å². The van der Waals surface area contributed by atoms with E-state index in [0.717, 1.165) is 11.0 Å². The van der Waals surface area contributed by atoms with Crippen LogP contribution in [-0.2, 0) is 0 Å². The van der Waals surface area contributed by atoms with Crippen LogP contribution in [0.4, 0.5) is 10.1 Å². The van der Waals surface area contributed by atoms with E-state index in [-0.39, 0.29) is 5.82 Å². The van der Waals surface area contributed by atoms with E-state index in [1.54, 1.807) is 29.2 Å². The molecule has 4 rings (SSSR count). The van der Waals surface area contributed by atoms with E-state index in [9.17, 15) is 4.39 Å². The van der Waals surface area contributed by atoms with Crippen molar-refractivity contribution < 1.29 is 4.39 Å². The van der Waals surface area contributed by atoms with Gasteiger partial charge in [-0.2, -0.15) is 5.10 Å². The molecule has 2 N–H and O–H groups in total. The van der Waals surface area contributed by atoms with Gasteiger partial charge >= 0.3 is 0 Å². The Bertz CT molecular complexity index is 805. The smallest absolute Gasteiger partial charge is 0.150 e. The van der Waals surface area contributed by atoms with Crippen molar-refractivity contribution in [3.8, 4) is 5.69 Å². The number of hydrogen-bond donors (Lipinski definition) is 1. The van der Waals surface area contributed by atoms with Gasteiger partial charge in [-0.05, 0) is 48.6 Å². The zero-order chi connectivity index (χ0) is 13.7. The molecule has 100 valence electrons. The number of halogens is 1. The summed E-state index contributed by atoms with van der Waals surface area (Å²) in [6, 6.07) is 6.61. The average Bonchev–Trinajstić information content (AvgIpc) is 3.17. The maximum Gasteiger partial charge on any atom is 0.150 e. The molecule has 20 heavy (non-hydrogen) atoms. The van der Waals surface area contributed by atoms with Crippen molar-refractivity contribution in [2.24, 2.45) is 0 Å². The van der Waals surface area contributed by atoms with Gasteiger partial charge in [0.25, 0.3) is 0 Å². The van der Waals surface area contributed by atoms with E-state index in [2.05, 4.69) is 10.1 Å². The monoisotopic (exact) mass is 268 g/mol. The average molecular weight is 268 g/mol. The molecule has 0 spiro atoms. The van der Waals surface area contributed by atoms with Crippen molar-refractivity contribution in [1.29, 1.82) is 0 Å². The Labute approximate surface area is 115 Å². The minimum Gasteiger partial charge on any atom is -0.399 e. The number of rotatable bonds is 2. The molecule has 1 aliphatic rings. The van der Waals surface area contributed by atoms with Gasteiger partial charge in [-0.25, -0.2) is 9.07 Å². The molecule has 1 aliphatic carbocycles. The molecule has 0 atom stereocenters. The van der Waals surface area contributed by atoms with Gasteiger partial charge in [0.05, 0.1) is 6.20 Å². The summed E-state index contributed by atoms with van der Waals surface area (Å²) < 4.78 is 15.5. The van der Waals surface area contributed by atoms with Gasteiger partial charge < -0.3 is 5.73 Å². The van der Waals surface area contributed by atoms with Crippen molar-refractivity contribution >= 4 is 16.7 Å². The Morgan fingerprint density at radius 3 is 2.85 bits per heavy atom. The maximum atomic E-state index is 14.0. The van der Waals surface area contributed by atoms with Gasteiger partial charge in [0.15, 0.2) is 5.82 Å². The zero-order valence-electron chi connectivity index (χ0n) is 10.8. The third kappa shape index (κ3) is 1.74. The lowest BCUT2D eigenvalue weighted by Gasteiger charge is -2.03. The highest BCUT2D eigenvalue weighted by Gasteiger charge is 2.26. The molecular formula is C15H13FN4. The first kappa shape index (κ1) is 11.4. The van der Waals surface area contributed by atoms with Crippen molar-refractivity contribution in [3.05, 3.63) is 48.0 Å². The highest BCUT2D eigenvalue weighted by atomic mass is 19.1. The third-order valence-electron chi connectivity index (χ3n) is 3.67. The number of pyridine rings is 1. The predicted molar refractivity (Wildman–Crippen MR) is 75.2 cm³/mol. The lowest BCUT2D eigenvalue weighted by molar-refractivity contribution is 0.612.